The molecule has 0 bridgehead atoms. The van der Waals surface area contributed by atoms with Gasteiger partial charge in [-0.2, -0.15) is 0 Å². The first-order valence-electron chi connectivity index (χ1n) is 5.77. The van der Waals surface area contributed by atoms with E-state index in [0.717, 1.165) is 17.5 Å². The number of aromatic carboxylic acids is 1. The third-order valence-electron chi connectivity index (χ3n) is 3.44. The van der Waals surface area contributed by atoms with Crippen molar-refractivity contribution >= 4 is 17.6 Å². The molecular formula is C15H11ClO2. The molecule has 0 fully saturated rings. The number of carbonyl (C=O) groups is 1. The quantitative estimate of drug-likeness (QED) is 0.725. The van der Waals surface area contributed by atoms with Crippen LogP contribution in [0, 0.1) is 0 Å². The Balaban J connectivity index is 2.19. The summed E-state index contributed by atoms with van der Waals surface area (Å²) in [5, 5.41) is 9.61. The molecule has 18 heavy (non-hydrogen) atoms. The number of hydrogen-bond acceptors (Lipinski definition) is 1. The fourth-order valence-corrected chi connectivity index (χ4v) is 2.82. The molecule has 0 aliphatic heterocycles. The minimum atomic E-state index is -0.948. The lowest BCUT2D eigenvalue weighted by Crippen LogP contribution is -2.13. The molecule has 90 valence electrons. The summed E-state index contributed by atoms with van der Waals surface area (Å²) in [7, 11) is 0. The molecule has 0 radical (unpaired) electrons. The van der Waals surface area contributed by atoms with Gasteiger partial charge in [0.2, 0.25) is 0 Å². The Morgan fingerprint density at radius 1 is 1.00 bits per heavy atom. The van der Waals surface area contributed by atoms with E-state index in [2.05, 4.69) is 6.07 Å². The van der Waals surface area contributed by atoms with Crippen molar-refractivity contribution in [2.45, 2.75) is 12.8 Å². The maximum absolute atomic E-state index is 11.3. The molecule has 2 nitrogen and oxygen atoms in total. The highest BCUT2D eigenvalue weighted by Gasteiger charge is 2.22. The van der Waals surface area contributed by atoms with Crippen molar-refractivity contribution in [3.05, 3.63) is 69.2 Å². The molecule has 0 aromatic heterocycles. The Morgan fingerprint density at radius 2 is 1.67 bits per heavy atom. The van der Waals surface area contributed by atoms with E-state index < -0.39 is 5.97 Å². The maximum Gasteiger partial charge on any atom is 0.337 e. The van der Waals surface area contributed by atoms with Gasteiger partial charge in [-0.05, 0) is 41.2 Å². The summed E-state index contributed by atoms with van der Waals surface area (Å²) in [4.78, 5) is 11.3. The van der Waals surface area contributed by atoms with E-state index in [4.69, 9.17) is 11.6 Å². The van der Waals surface area contributed by atoms with Gasteiger partial charge in [0, 0.05) is 0 Å². The third-order valence-corrected chi connectivity index (χ3v) is 3.75. The molecule has 0 saturated carbocycles. The van der Waals surface area contributed by atoms with Crippen molar-refractivity contribution in [3.63, 3.8) is 0 Å². The molecular weight excluding hydrogens is 248 g/mol. The second-order valence-electron chi connectivity index (χ2n) is 4.49. The van der Waals surface area contributed by atoms with Crippen LogP contribution in [0.3, 0.4) is 0 Å². The first kappa shape index (κ1) is 11.3. The smallest absolute Gasteiger partial charge is 0.337 e. The summed E-state index contributed by atoms with van der Waals surface area (Å²) in [6.07, 6.45) is 1.43. The average Bonchev–Trinajstić information content (AvgIpc) is 2.36. The van der Waals surface area contributed by atoms with E-state index >= 15 is 0 Å². The molecule has 2 aromatic rings. The van der Waals surface area contributed by atoms with E-state index in [1.54, 1.807) is 6.07 Å². The van der Waals surface area contributed by atoms with Gasteiger partial charge in [-0.1, -0.05) is 41.9 Å². The summed E-state index contributed by atoms with van der Waals surface area (Å²) < 4.78 is 0. The van der Waals surface area contributed by atoms with Crippen LogP contribution in [-0.4, -0.2) is 11.1 Å². The Hall–Kier alpha value is -1.80. The van der Waals surface area contributed by atoms with Gasteiger partial charge >= 0.3 is 5.97 Å². The lowest BCUT2D eigenvalue weighted by Gasteiger charge is -2.21. The molecule has 0 unspecified atom stereocenters. The van der Waals surface area contributed by atoms with Gasteiger partial charge in [0.15, 0.2) is 0 Å². The van der Waals surface area contributed by atoms with Crippen LogP contribution >= 0.6 is 11.6 Å². The molecule has 3 heteroatoms. The first-order chi connectivity index (χ1) is 8.66. The van der Waals surface area contributed by atoms with Gasteiger partial charge in [-0.15, -0.1) is 0 Å². The van der Waals surface area contributed by atoms with Crippen LogP contribution in [0.2, 0.25) is 5.02 Å². The van der Waals surface area contributed by atoms with Crippen LogP contribution in [-0.2, 0) is 12.8 Å². The maximum atomic E-state index is 11.3. The highest BCUT2D eigenvalue weighted by Crippen LogP contribution is 2.32. The van der Waals surface area contributed by atoms with Gasteiger partial charge < -0.3 is 5.11 Å². The molecule has 0 atom stereocenters. The van der Waals surface area contributed by atoms with Gasteiger partial charge in [-0.3, -0.25) is 0 Å². The van der Waals surface area contributed by atoms with Gasteiger partial charge in [0.05, 0.1) is 10.6 Å². The molecule has 1 aliphatic rings. The van der Waals surface area contributed by atoms with Gasteiger partial charge in [0.1, 0.15) is 0 Å². The van der Waals surface area contributed by atoms with E-state index in [-0.39, 0.29) is 5.56 Å². The Bertz CT molecular complexity index is 647. The summed E-state index contributed by atoms with van der Waals surface area (Å²) in [6, 6.07) is 11.7. The predicted octanol–water partition coefficient (Wildman–Crippen LogP) is 3.53. The molecule has 0 saturated heterocycles. The van der Waals surface area contributed by atoms with Crippen molar-refractivity contribution in [3.8, 4) is 0 Å². The molecule has 0 spiro atoms. The molecule has 0 amide bonds. The lowest BCUT2D eigenvalue weighted by atomic mass is 9.84. The van der Waals surface area contributed by atoms with E-state index in [0.29, 0.717) is 11.4 Å². The highest BCUT2D eigenvalue weighted by molar-refractivity contribution is 6.33. The number of halogens is 1. The van der Waals surface area contributed by atoms with Crippen LogP contribution in [0.1, 0.15) is 32.6 Å². The number of benzene rings is 2. The number of hydrogen-bond donors (Lipinski definition) is 1. The zero-order chi connectivity index (χ0) is 12.7. The van der Waals surface area contributed by atoms with Crippen LogP contribution < -0.4 is 0 Å². The van der Waals surface area contributed by atoms with Gasteiger partial charge in [-0.25, -0.2) is 4.79 Å². The van der Waals surface area contributed by atoms with Crippen molar-refractivity contribution in [2.24, 2.45) is 0 Å². The van der Waals surface area contributed by atoms with E-state index in [9.17, 15) is 9.90 Å². The van der Waals surface area contributed by atoms with E-state index in [1.807, 2.05) is 24.3 Å². The molecule has 3 rings (SSSR count). The van der Waals surface area contributed by atoms with Crippen molar-refractivity contribution in [2.75, 3.05) is 0 Å². The fourth-order valence-electron chi connectivity index (χ4n) is 2.56. The Morgan fingerprint density at radius 3 is 2.33 bits per heavy atom. The Labute approximate surface area is 110 Å². The summed E-state index contributed by atoms with van der Waals surface area (Å²) >= 11 is 6.00. The third kappa shape index (κ3) is 1.70. The fraction of sp³-hybridized carbons (Fsp3) is 0.133. The van der Waals surface area contributed by atoms with Crippen LogP contribution in [0.15, 0.2) is 36.4 Å². The molecule has 0 heterocycles. The zero-order valence-corrected chi connectivity index (χ0v) is 10.4. The number of carboxylic acid groups (broad SMARTS) is 1. The zero-order valence-electron chi connectivity index (χ0n) is 9.61. The predicted molar refractivity (Wildman–Crippen MR) is 70.5 cm³/mol. The van der Waals surface area contributed by atoms with Gasteiger partial charge in [0.25, 0.3) is 0 Å². The largest absolute Gasteiger partial charge is 0.478 e. The SMILES string of the molecule is O=C(O)c1c(Cl)ccc2c1Cc1ccccc1C2. The second kappa shape index (κ2) is 4.14. The molecule has 1 aliphatic carbocycles. The van der Waals surface area contributed by atoms with Crippen molar-refractivity contribution in [1.82, 2.24) is 0 Å². The number of carboxylic acids is 1. The number of fused-ring (bicyclic) bond motifs is 2. The average molecular weight is 259 g/mol. The first-order valence-corrected chi connectivity index (χ1v) is 6.15. The van der Waals surface area contributed by atoms with Crippen LogP contribution in [0.25, 0.3) is 0 Å². The standard InChI is InChI=1S/C15H11ClO2/c16-13-6-5-11-7-9-3-1-2-4-10(9)8-12(11)14(13)15(17)18/h1-6H,7-8H2,(H,17,18). The minimum Gasteiger partial charge on any atom is -0.478 e. The minimum absolute atomic E-state index is 0.253. The summed E-state index contributed by atoms with van der Waals surface area (Å²) in [6.45, 7) is 0. The highest BCUT2D eigenvalue weighted by atomic mass is 35.5. The topological polar surface area (TPSA) is 37.3 Å². The molecule has 1 N–H and O–H groups in total. The van der Waals surface area contributed by atoms with Crippen LogP contribution in [0.4, 0.5) is 0 Å². The normalized spacial score (nSPS) is 12.7. The number of rotatable bonds is 1. The molecule has 2 aromatic carbocycles. The summed E-state index contributed by atoms with van der Waals surface area (Å²) in [5.41, 5.74) is 4.63. The van der Waals surface area contributed by atoms with E-state index in [1.165, 1.54) is 11.1 Å². The Kier molecular flexibility index (Phi) is 2.60. The lowest BCUT2D eigenvalue weighted by molar-refractivity contribution is 0.0696. The summed E-state index contributed by atoms with van der Waals surface area (Å²) in [5.74, 6) is -0.948. The monoisotopic (exact) mass is 258 g/mol. The van der Waals surface area contributed by atoms with Crippen molar-refractivity contribution in [1.29, 1.82) is 0 Å². The van der Waals surface area contributed by atoms with Crippen LogP contribution in [0.5, 0.6) is 0 Å². The second-order valence-corrected chi connectivity index (χ2v) is 4.89. The van der Waals surface area contributed by atoms with Crippen molar-refractivity contribution < 1.29 is 9.90 Å².